The van der Waals surface area contributed by atoms with Gasteiger partial charge in [0.25, 0.3) is 0 Å². The molecule has 2 amide bonds. The van der Waals surface area contributed by atoms with Gasteiger partial charge in [-0.2, -0.15) is 0 Å². The maximum atomic E-state index is 12.7. The van der Waals surface area contributed by atoms with E-state index in [1.165, 1.54) is 18.4 Å². The zero-order chi connectivity index (χ0) is 18.1. The van der Waals surface area contributed by atoms with Gasteiger partial charge in [0.2, 0.25) is 11.8 Å². The Kier molecular flexibility index (Phi) is 4.68. The summed E-state index contributed by atoms with van der Waals surface area (Å²) in [6.45, 7) is 0.401. The minimum absolute atomic E-state index is 0.0676. The minimum atomic E-state index is -0.317. The Morgan fingerprint density at radius 1 is 1.04 bits per heavy atom. The Balaban J connectivity index is 1.59. The molecule has 134 valence electrons. The maximum absolute atomic E-state index is 12.7. The lowest BCUT2D eigenvalue weighted by Gasteiger charge is -2.22. The number of hydrogen-bond acceptors (Lipinski definition) is 2. The molecule has 2 aromatic rings. The molecule has 0 radical (unpaired) electrons. The molecule has 5 heteroatoms. The third-order valence-electron chi connectivity index (χ3n) is 5.16. The summed E-state index contributed by atoms with van der Waals surface area (Å²) in [6.07, 6.45) is 2.78. The van der Waals surface area contributed by atoms with E-state index in [9.17, 15) is 9.59 Å². The average molecular weight is 369 g/mol. The summed E-state index contributed by atoms with van der Waals surface area (Å²) in [4.78, 5) is 24.1. The standard InChI is InChI=1S/C21H21ClN2O2/c22-18-9-7-16(8-10-18)20(24-21(26)17-11-19(25)23-12-17)15-5-3-14(4-6-15)13-1-2-13/h3-10,13,17,20H,1-2,11-12H2,(H,23,25)(H,24,26)/t17-,20?/m0/s1. The fourth-order valence-electron chi connectivity index (χ4n) is 3.44. The summed E-state index contributed by atoms with van der Waals surface area (Å²) in [6, 6.07) is 15.7. The summed E-state index contributed by atoms with van der Waals surface area (Å²) < 4.78 is 0. The van der Waals surface area contributed by atoms with E-state index in [1.54, 1.807) is 0 Å². The predicted molar refractivity (Wildman–Crippen MR) is 101 cm³/mol. The molecule has 4 rings (SSSR count). The number of carbonyl (C=O) groups is 2. The number of halogens is 1. The smallest absolute Gasteiger partial charge is 0.226 e. The van der Waals surface area contributed by atoms with E-state index in [0.717, 1.165) is 11.1 Å². The van der Waals surface area contributed by atoms with Gasteiger partial charge in [0.15, 0.2) is 0 Å². The van der Waals surface area contributed by atoms with Gasteiger partial charge in [-0.25, -0.2) is 0 Å². The Bertz CT molecular complexity index is 813. The Labute approximate surface area is 157 Å². The molecule has 1 heterocycles. The number of carbonyl (C=O) groups excluding carboxylic acids is 2. The molecule has 2 N–H and O–H groups in total. The fourth-order valence-corrected chi connectivity index (χ4v) is 3.57. The monoisotopic (exact) mass is 368 g/mol. The van der Waals surface area contributed by atoms with Gasteiger partial charge in [-0.3, -0.25) is 9.59 Å². The van der Waals surface area contributed by atoms with Crippen LogP contribution in [-0.4, -0.2) is 18.4 Å². The number of hydrogen-bond donors (Lipinski definition) is 2. The largest absolute Gasteiger partial charge is 0.355 e. The van der Waals surface area contributed by atoms with Gasteiger partial charge in [-0.05, 0) is 47.6 Å². The van der Waals surface area contributed by atoms with E-state index in [2.05, 4.69) is 34.9 Å². The second kappa shape index (κ2) is 7.12. The first kappa shape index (κ1) is 17.1. The highest BCUT2D eigenvalue weighted by atomic mass is 35.5. The van der Waals surface area contributed by atoms with Crippen molar-refractivity contribution in [3.63, 3.8) is 0 Å². The van der Waals surface area contributed by atoms with Crippen LogP contribution in [0.2, 0.25) is 5.02 Å². The van der Waals surface area contributed by atoms with Crippen molar-refractivity contribution in [2.75, 3.05) is 6.54 Å². The SMILES string of the molecule is O=C1C[C@H](C(=O)NC(c2ccc(Cl)cc2)c2ccc(C3CC3)cc2)CN1. The lowest BCUT2D eigenvalue weighted by molar-refractivity contribution is -0.126. The minimum Gasteiger partial charge on any atom is -0.355 e. The molecule has 1 aliphatic heterocycles. The molecule has 1 unspecified atom stereocenters. The number of benzene rings is 2. The van der Waals surface area contributed by atoms with Crippen molar-refractivity contribution >= 4 is 23.4 Å². The summed E-state index contributed by atoms with van der Waals surface area (Å²) in [5, 5.41) is 6.50. The van der Waals surface area contributed by atoms with Crippen LogP contribution in [0.1, 0.15) is 47.9 Å². The second-order valence-electron chi connectivity index (χ2n) is 7.14. The van der Waals surface area contributed by atoms with Gasteiger partial charge >= 0.3 is 0 Å². The van der Waals surface area contributed by atoms with Crippen molar-refractivity contribution in [1.29, 1.82) is 0 Å². The third-order valence-corrected chi connectivity index (χ3v) is 5.41. The molecule has 1 saturated heterocycles. The van der Waals surface area contributed by atoms with E-state index >= 15 is 0 Å². The lowest BCUT2D eigenvalue weighted by atomic mass is 9.96. The van der Waals surface area contributed by atoms with Crippen LogP contribution in [0.3, 0.4) is 0 Å². The summed E-state index contributed by atoms with van der Waals surface area (Å²) in [5.41, 5.74) is 3.36. The van der Waals surface area contributed by atoms with Crippen LogP contribution in [0.4, 0.5) is 0 Å². The van der Waals surface area contributed by atoms with E-state index in [0.29, 0.717) is 17.5 Å². The van der Waals surface area contributed by atoms with Crippen molar-refractivity contribution in [3.05, 3.63) is 70.2 Å². The summed E-state index contributed by atoms with van der Waals surface area (Å²) in [5.74, 6) is 0.211. The highest BCUT2D eigenvalue weighted by Gasteiger charge is 2.30. The molecular weight excluding hydrogens is 348 g/mol. The van der Waals surface area contributed by atoms with Crippen LogP contribution in [0.15, 0.2) is 48.5 Å². The van der Waals surface area contributed by atoms with Gasteiger partial charge in [0.05, 0.1) is 12.0 Å². The zero-order valence-electron chi connectivity index (χ0n) is 14.4. The molecular formula is C21H21ClN2O2. The Morgan fingerprint density at radius 3 is 2.19 bits per heavy atom. The fraction of sp³-hybridized carbons (Fsp3) is 0.333. The van der Waals surface area contributed by atoms with Gasteiger partial charge < -0.3 is 10.6 Å². The van der Waals surface area contributed by atoms with Gasteiger partial charge in [0, 0.05) is 18.0 Å². The van der Waals surface area contributed by atoms with Crippen molar-refractivity contribution < 1.29 is 9.59 Å². The van der Waals surface area contributed by atoms with Crippen molar-refractivity contribution in [3.8, 4) is 0 Å². The van der Waals surface area contributed by atoms with E-state index in [4.69, 9.17) is 11.6 Å². The van der Waals surface area contributed by atoms with Crippen LogP contribution < -0.4 is 10.6 Å². The first-order valence-corrected chi connectivity index (χ1v) is 9.40. The molecule has 2 fully saturated rings. The van der Waals surface area contributed by atoms with E-state index < -0.39 is 0 Å². The number of nitrogens with one attached hydrogen (secondary N) is 2. The summed E-state index contributed by atoms with van der Waals surface area (Å²) >= 11 is 6.02. The Hall–Kier alpha value is -2.33. The first-order valence-electron chi connectivity index (χ1n) is 9.02. The molecule has 2 aliphatic rings. The third kappa shape index (κ3) is 3.75. The topological polar surface area (TPSA) is 58.2 Å². The molecule has 2 aromatic carbocycles. The van der Waals surface area contributed by atoms with Crippen LogP contribution in [0.25, 0.3) is 0 Å². The van der Waals surface area contributed by atoms with E-state index in [-0.39, 0.29) is 30.2 Å². The quantitative estimate of drug-likeness (QED) is 0.847. The molecule has 4 nitrogen and oxygen atoms in total. The molecule has 0 bridgehead atoms. The summed E-state index contributed by atoms with van der Waals surface area (Å²) in [7, 11) is 0. The normalized spacial score (nSPS) is 20.5. The van der Waals surface area contributed by atoms with Gasteiger partial charge in [0.1, 0.15) is 0 Å². The van der Waals surface area contributed by atoms with Crippen LogP contribution >= 0.6 is 11.6 Å². The van der Waals surface area contributed by atoms with Crippen molar-refractivity contribution in [2.24, 2.45) is 5.92 Å². The second-order valence-corrected chi connectivity index (χ2v) is 7.58. The predicted octanol–water partition coefficient (Wildman–Crippen LogP) is 3.56. The molecule has 1 aliphatic carbocycles. The van der Waals surface area contributed by atoms with Crippen LogP contribution in [0.5, 0.6) is 0 Å². The zero-order valence-corrected chi connectivity index (χ0v) is 15.1. The molecule has 0 spiro atoms. The van der Waals surface area contributed by atoms with Crippen LogP contribution in [0, 0.1) is 5.92 Å². The molecule has 26 heavy (non-hydrogen) atoms. The molecule has 2 atom stereocenters. The number of amides is 2. The van der Waals surface area contributed by atoms with Gasteiger partial charge in [-0.1, -0.05) is 48.0 Å². The van der Waals surface area contributed by atoms with Crippen LogP contribution in [-0.2, 0) is 9.59 Å². The van der Waals surface area contributed by atoms with Gasteiger partial charge in [-0.15, -0.1) is 0 Å². The maximum Gasteiger partial charge on any atom is 0.226 e. The Morgan fingerprint density at radius 2 is 1.65 bits per heavy atom. The molecule has 1 saturated carbocycles. The highest BCUT2D eigenvalue weighted by molar-refractivity contribution is 6.30. The van der Waals surface area contributed by atoms with Crippen molar-refractivity contribution in [2.45, 2.75) is 31.2 Å². The van der Waals surface area contributed by atoms with Crippen molar-refractivity contribution in [1.82, 2.24) is 10.6 Å². The van der Waals surface area contributed by atoms with E-state index in [1.807, 2.05) is 24.3 Å². The highest BCUT2D eigenvalue weighted by Crippen LogP contribution is 2.40. The molecule has 0 aromatic heterocycles. The average Bonchev–Trinajstić information content (AvgIpc) is 3.41. The lowest BCUT2D eigenvalue weighted by Crippen LogP contribution is -2.35. The first-order chi connectivity index (χ1) is 12.6. The number of rotatable bonds is 5.